The van der Waals surface area contributed by atoms with Gasteiger partial charge in [0.1, 0.15) is 5.82 Å². The highest BCUT2D eigenvalue weighted by molar-refractivity contribution is 5.88. The Bertz CT molecular complexity index is 600. The van der Waals surface area contributed by atoms with E-state index in [9.17, 15) is 4.79 Å². The Kier molecular flexibility index (Phi) is 7.67. The number of nitrogens with two attached hydrogens (primary N) is 2. The van der Waals surface area contributed by atoms with Crippen molar-refractivity contribution in [1.82, 2.24) is 15.3 Å². The number of unbranched alkanes of at least 4 members (excludes halogenated alkanes) is 3. The summed E-state index contributed by atoms with van der Waals surface area (Å²) in [6.07, 6.45) is 4.88. The van der Waals surface area contributed by atoms with E-state index in [1.165, 1.54) is 19.3 Å². The molecule has 1 aromatic heterocycles. The van der Waals surface area contributed by atoms with Gasteiger partial charge in [-0.1, -0.05) is 38.3 Å². The number of carbonyl (C=O) groups is 1. The molecule has 2 rings (SSSR count). The highest BCUT2D eigenvalue weighted by Crippen LogP contribution is 2.17. The number of anilines is 2. The summed E-state index contributed by atoms with van der Waals surface area (Å²) in [6.45, 7) is 4.58. The van der Waals surface area contributed by atoms with Crippen LogP contribution in [0.15, 0.2) is 24.3 Å². The fourth-order valence-electron chi connectivity index (χ4n) is 1.94. The topological polar surface area (TPSA) is 107 Å². The van der Waals surface area contributed by atoms with Crippen molar-refractivity contribution in [3.05, 3.63) is 24.3 Å². The highest BCUT2D eigenvalue weighted by atomic mass is 16.1. The second kappa shape index (κ2) is 9.55. The second-order valence-electron chi connectivity index (χ2n) is 5.03. The van der Waals surface area contributed by atoms with Gasteiger partial charge in [0.2, 0.25) is 11.9 Å². The maximum atomic E-state index is 10.4. The van der Waals surface area contributed by atoms with Gasteiger partial charge < -0.3 is 16.8 Å². The number of rotatable bonds is 5. The molecule has 2 aromatic rings. The van der Waals surface area contributed by atoms with Crippen molar-refractivity contribution in [1.29, 1.82) is 0 Å². The van der Waals surface area contributed by atoms with E-state index in [0.717, 1.165) is 23.9 Å². The van der Waals surface area contributed by atoms with Crippen LogP contribution in [-0.2, 0) is 4.79 Å². The molecule has 1 amide bonds. The third-order valence-electron chi connectivity index (χ3n) is 3.05. The van der Waals surface area contributed by atoms with E-state index in [-0.39, 0.29) is 11.9 Å². The van der Waals surface area contributed by atoms with Gasteiger partial charge in [-0.05, 0) is 18.6 Å². The zero-order valence-corrected chi connectivity index (χ0v) is 13.3. The zero-order valence-electron chi connectivity index (χ0n) is 13.3. The molecule has 5 N–H and O–H groups in total. The van der Waals surface area contributed by atoms with Gasteiger partial charge in [0.25, 0.3) is 0 Å². The van der Waals surface area contributed by atoms with E-state index in [4.69, 9.17) is 11.5 Å². The Morgan fingerprint density at radius 2 is 1.86 bits per heavy atom. The first-order chi connectivity index (χ1) is 10.5. The quantitative estimate of drug-likeness (QED) is 0.736. The van der Waals surface area contributed by atoms with Crippen LogP contribution in [0.2, 0.25) is 0 Å². The Morgan fingerprint density at radius 3 is 2.55 bits per heavy atom. The fraction of sp³-hybridized carbons (Fsp3) is 0.438. The number of carbonyl (C=O) groups excluding carboxylic acids is 1. The van der Waals surface area contributed by atoms with Crippen molar-refractivity contribution < 1.29 is 4.79 Å². The summed E-state index contributed by atoms with van der Waals surface area (Å²) < 4.78 is 0. The molecule has 0 saturated carbocycles. The predicted molar refractivity (Wildman–Crippen MR) is 91.2 cm³/mol. The van der Waals surface area contributed by atoms with Crippen LogP contribution in [0.4, 0.5) is 11.8 Å². The van der Waals surface area contributed by atoms with Crippen LogP contribution in [-0.4, -0.2) is 22.4 Å². The number of para-hydroxylation sites is 1. The molecule has 0 aliphatic rings. The van der Waals surface area contributed by atoms with Gasteiger partial charge in [-0.2, -0.15) is 4.98 Å². The molecule has 1 heterocycles. The molecule has 0 atom stereocenters. The van der Waals surface area contributed by atoms with Crippen LogP contribution in [0.1, 0.15) is 39.5 Å². The van der Waals surface area contributed by atoms with Crippen LogP contribution in [0, 0.1) is 0 Å². The molecule has 6 nitrogen and oxygen atoms in total. The number of aromatic nitrogens is 2. The van der Waals surface area contributed by atoms with Gasteiger partial charge in [-0.15, -0.1) is 0 Å². The molecule has 0 fully saturated rings. The van der Waals surface area contributed by atoms with Crippen LogP contribution in [0.5, 0.6) is 0 Å². The molecule has 0 radical (unpaired) electrons. The first-order valence-corrected chi connectivity index (χ1v) is 7.56. The Hall–Kier alpha value is -2.37. The summed E-state index contributed by atoms with van der Waals surface area (Å²) >= 11 is 0. The molecule has 0 unspecified atom stereocenters. The monoisotopic (exact) mass is 303 g/mol. The van der Waals surface area contributed by atoms with Crippen molar-refractivity contribution in [2.45, 2.75) is 39.5 Å². The number of nitrogens with zero attached hydrogens (tertiary/aromatic N) is 2. The van der Waals surface area contributed by atoms with Crippen molar-refractivity contribution in [2.75, 3.05) is 18.0 Å². The number of nitrogens with one attached hydrogen (secondary N) is 1. The molecule has 0 bridgehead atoms. The standard InChI is InChI=1S/C8H8N4.C8H17NO/c9-7-5-3-1-2-4-6(5)11-8(10)12-7;1-3-4-5-6-7-9-8(2)10/h1-4H,(H4,9,10,11,12);3-7H2,1-2H3,(H,9,10). The summed E-state index contributed by atoms with van der Waals surface area (Å²) in [5.74, 6) is 0.723. The van der Waals surface area contributed by atoms with E-state index in [2.05, 4.69) is 22.2 Å². The van der Waals surface area contributed by atoms with Crippen molar-refractivity contribution in [2.24, 2.45) is 0 Å². The highest BCUT2D eigenvalue weighted by Gasteiger charge is 2.00. The van der Waals surface area contributed by atoms with E-state index in [1.807, 2.05) is 24.3 Å². The number of hydrogen-bond donors (Lipinski definition) is 3. The molecule has 0 aliphatic carbocycles. The maximum absolute atomic E-state index is 10.4. The fourth-order valence-corrected chi connectivity index (χ4v) is 1.94. The van der Waals surface area contributed by atoms with E-state index < -0.39 is 0 Å². The van der Waals surface area contributed by atoms with E-state index >= 15 is 0 Å². The first-order valence-electron chi connectivity index (χ1n) is 7.56. The summed E-state index contributed by atoms with van der Waals surface area (Å²) in [7, 11) is 0. The van der Waals surface area contributed by atoms with Crippen LogP contribution >= 0.6 is 0 Å². The third-order valence-corrected chi connectivity index (χ3v) is 3.05. The van der Waals surface area contributed by atoms with Gasteiger partial charge in [0, 0.05) is 18.9 Å². The minimum Gasteiger partial charge on any atom is -0.383 e. The lowest BCUT2D eigenvalue weighted by Gasteiger charge is -2.00. The lowest BCUT2D eigenvalue weighted by molar-refractivity contribution is -0.118. The second-order valence-corrected chi connectivity index (χ2v) is 5.03. The largest absolute Gasteiger partial charge is 0.383 e. The lowest BCUT2D eigenvalue weighted by atomic mass is 10.2. The molecular formula is C16H25N5O. The minimum absolute atomic E-state index is 0.0801. The Labute approximate surface area is 131 Å². The van der Waals surface area contributed by atoms with E-state index in [1.54, 1.807) is 6.92 Å². The minimum atomic E-state index is 0.0801. The van der Waals surface area contributed by atoms with Gasteiger partial charge in [0.15, 0.2) is 0 Å². The number of fused-ring (bicyclic) bond motifs is 1. The molecular weight excluding hydrogens is 278 g/mol. The number of benzene rings is 1. The molecule has 22 heavy (non-hydrogen) atoms. The molecule has 6 heteroatoms. The summed E-state index contributed by atoms with van der Waals surface area (Å²) in [6, 6.07) is 7.49. The molecule has 0 spiro atoms. The Balaban J connectivity index is 0.000000225. The van der Waals surface area contributed by atoms with Crippen molar-refractivity contribution in [3.63, 3.8) is 0 Å². The Morgan fingerprint density at radius 1 is 1.14 bits per heavy atom. The van der Waals surface area contributed by atoms with Gasteiger partial charge in [0.05, 0.1) is 5.52 Å². The number of hydrogen-bond acceptors (Lipinski definition) is 5. The van der Waals surface area contributed by atoms with Crippen LogP contribution in [0.25, 0.3) is 10.9 Å². The normalized spacial score (nSPS) is 9.91. The van der Waals surface area contributed by atoms with E-state index in [0.29, 0.717) is 5.82 Å². The lowest BCUT2D eigenvalue weighted by Crippen LogP contribution is -2.20. The average molecular weight is 303 g/mol. The number of nitrogen functional groups attached to an aromatic ring is 2. The van der Waals surface area contributed by atoms with Crippen LogP contribution in [0.3, 0.4) is 0 Å². The first kappa shape index (κ1) is 17.7. The van der Waals surface area contributed by atoms with Gasteiger partial charge >= 0.3 is 0 Å². The SMILES string of the molecule is CCCCCCNC(C)=O.Nc1nc(N)c2ccccc2n1. The summed E-state index contributed by atoms with van der Waals surface area (Å²) in [5.41, 5.74) is 11.8. The molecule has 1 aromatic carbocycles. The molecule has 0 saturated heterocycles. The summed E-state index contributed by atoms with van der Waals surface area (Å²) in [5, 5.41) is 3.61. The number of amides is 1. The van der Waals surface area contributed by atoms with Crippen molar-refractivity contribution in [3.8, 4) is 0 Å². The predicted octanol–water partition coefficient (Wildman–Crippen LogP) is 2.50. The zero-order chi connectivity index (χ0) is 16.4. The third kappa shape index (κ3) is 6.39. The van der Waals surface area contributed by atoms with Crippen LogP contribution < -0.4 is 16.8 Å². The smallest absolute Gasteiger partial charge is 0.222 e. The molecule has 0 aliphatic heterocycles. The van der Waals surface area contributed by atoms with Crippen molar-refractivity contribution >= 4 is 28.6 Å². The van der Waals surface area contributed by atoms with Gasteiger partial charge in [-0.25, -0.2) is 4.98 Å². The maximum Gasteiger partial charge on any atom is 0.222 e. The summed E-state index contributed by atoms with van der Waals surface area (Å²) in [4.78, 5) is 18.2. The average Bonchev–Trinajstić information content (AvgIpc) is 2.47. The molecule has 120 valence electrons. The van der Waals surface area contributed by atoms with Gasteiger partial charge in [-0.3, -0.25) is 4.79 Å².